The Morgan fingerprint density at radius 1 is 1.39 bits per heavy atom. The molecule has 0 aliphatic heterocycles. The summed E-state index contributed by atoms with van der Waals surface area (Å²) < 4.78 is 28.2. The molecule has 1 amide bonds. The smallest absolute Gasteiger partial charge is 0.387 e. The minimum absolute atomic E-state index is 0.0868. The summed E-state index contributed by atoms with van der Waals surface area (Å²) >= 11 is 0. The van der Waals surface area contributed by atoms with E-state index >= 15 is 0 Å². The lowest BCUT2D eigenvalue weighted by molar-refractivity contribution is -0.118. The van der Waals surface area contributed by atoms with Crippen LogP contribution in [0.2, 0.25) is 0 Å². The van der Waals surface area contributed by atoms with E-state index in [1.54, 1.807) is 12.1 Å². The quantitative estimate of drug-likeness (QED) is 0.650. The van der Waals surface area contributed by atoms with Crippen molar-refractivity contribution in [1.82, 2.24) is 5.43 Å². The molecule has 18 heavy (non-hydrogen) atoms. The fraction of sp³-hybridized carbons (Fsp3) is 0.333. The van der Waals surface area contributed by atoms with Gasteiger partial charge in [-0.3, -0.25) is 4.79 Å². The normalized spacial score (nSPS) is 11.5. The SMILES string of the molecule is CC/C(=N\NC(C)=O)c1ccc(OC(F)F)cc1. The number of ether oxygens (including phenoxy) is 1. The number of carbonyl (C=O) groups excluding carboxylic acids is 1. The van der Waals surface area contributed by atoms with Crippen molar-refractivity contribution in [3.05, 3.63) is 29.8 Å². The molecule has 6 heteroatoms. The number of nitrogens with one attached hydrogen (secondary N) is 1. The third-order valence-corrected chi connectivity index (χ3v) is 2.10. The Hall–Kier alpha value is -1.98. The van der Waals surface area contributed by atoms with Crippen LogP contribution in [0.1, 0.15) is 25.8 Å². The van der Waals surface area contributed by atoms with E-state index in [9.17, 15) is 13.6 Å². The maximum atomic E-state index is 12.0. The van der Waals surface area contributed by atoms with Crippen molar-refractivity contribution in [3.63, 3.8) is 0 Å². The van der Waals surface area contributed by atoms with Gasteiger partial charge in [0.25, 0.3) is 0 Å². The van der Waals surface area contributed by atoms with Gasteiger partial charge in [0, 0.05) is 6.92 Å². The van der Waals surface area contributed by atoms with Crippen LogP contribution < -0.4 is 10.2 Å². The van der Waals surface area contributed by atoms with Crippen molar-refractivity contribution in [2.45, 2.75) is 26.9 Å². The highest BCUT2D eigenvalue weighted by Gasteiger charge is 2.06. The molecule has 0 unspecified atom stereocenters. The first-order chi connectivity index (χ1) is 8.52. The second kappa shape index (κ2) is 6.68. The second-order valence-corrected chi connectivity index (χ2v) is 3.48. The summed E-state index contributed by atoms with van der Waals surface area (Å²) in [5.74, 6) is -0.178. The summed E-state index contributed by atoms with van der Waals surface area (Å²) in [5, 5.41) is 3.93. The number of amides is 1. The predicted molar refractivity (Wildman–Crippen MR) is 63.7 cm³/mol. The molecule has 0 heterocycles. The molecular formula is C12H14F2N2O2. The molecule has 1 aromatic carbocycles. The summed E-state index contributed by atoms with van der Waals surface area (Å²) in [6, 6.07) is 6.09. The summed E-state index contributed by atoms with van der Waals surface area (Å²) in [7, 11) is 0. The molecule has 0 saturated carbocycles. The van der Waals surface area contributed by atoms with Gasteiger partial charge in [0.15, 0.2) is 0 Å². The third kappa shape index (κ3) is 4.48. The molecule has 1 aromatic rings. The van der Waals surface area contributed by atoms with E-state index in [-0.39, 0.29) is 11.7 Å². The second-order valence-electron chi connectivity index (χ2n) is 3.48. The lowest BCUT2D eigenvalue weighted by Crippen LogP contribution is -2.16. The van der Waals surface area contributed by atoms with Crippen LogP contribution >= 0.6 is 0 Å². The number of alkyl halides is 2. The molecular weight excluding hydrogens is 242 g/mol. The largest absolute Gasteiger partial charge is 0.435 e. The van der Waals surface area contributed by atoms with Gasteiger partial charge in [0.2, 0.25) is 5.91 Å². The molecule has 0 aliphatic rings. The van der Waals surface area contributed by atoms with E-state index in [2.05, 4.69) is 15.3 Å². The zero-order valence-electron chi connectivity index (χ0n) is 10.1. The number of halogens is 2. The Kier molecular flexibility index (Phi) is 5.23. The fourth-order valence-corrected chi connectivity index (χ4v) is 1.32. The molecule has 1 rings (SSSR count). The van der Waals surface area contributed by atoms with Crippen LogP contribution in [0, 0.1) is 0 Å². The van der Waals surface area contributed by atoms with Gasteiger partial charge in [-0.2, -0.15) is 13.9 Å². The number of nitrogens with zero attached hydrogens (tertiary/aromatic N) is 1. The van der Waals surface area contributed by atoms with Gasteiger partial charge < -0.3 is 4.74 Å². The van der Waals surface area contributed by atoms with Crippen molar-refractivity contribution in [3.8, 4) is 5.75 Å². The van der Waals surface area contributed by atoms with E-state index in [4.69, 9.17) is 0 Å². The van der Waals surface area contributed by atoms with Crippen LogP contribution in [-0.4, -0.2) is 18.2 Å². The molecule has 0 spiro atoms. The first-order valence-electron chi connectivity index (χ1n) is 5.41. The van der Waals surface area contributed by atoms with Gasteiger partial charge >= 0.3 is 6.61 Å². The van der Waals surface area contributed by atoms with Gasteiger partial charge in [0.1, 0.15) is 5.75 Å². The first-order valence-corrected chi connectivity index (χ1v) is 5.41. The summed E-state index contributed by atoms with van der Waals surface area (Å²) in [5.41, 5.74) is 3.74. The Bertz CT molecular complexity index is 430. The van der Waals surface area contributed by atoms with Crippen molar-refractivity contribution >= 4 is 11.6 Å². The van der Waals surface area contributed by atoms with Crippen LogP contribution in [-0.2, 0) is 4.79 Å². The number of hydrogen-bond acceptors (Lipinski definition) is 3. The van der Waals surface area contributed by atoms with Gasteiger partial charge in [-0.1, -0.05) is 6.92 Å². The highest BCUT2D eigenvalue weighted by atomic mass is 19.3. The molecule has 0 atom stereocenters. The first kappa shape index (κ1) is 14.1. The number of hydrazone groups is 1. The summed E-state index contributed by atoms with van der Waals surface area (Å²) in [6.45, 7) is 0.398. The molecule has 0 radical (unpaired) electrons. The van der Waals surface area contributed by atoms with E-state index in [1.165, 1.54) is 19.1 Å². The molecule has 1 N–H and O–H groups in total. The average Bonchev–Trinajstić information content (AvgIpc) is 2.31. The molecule has 0 aromatic heterocycles. The molecule has 0 aliphatic carbocycles. The minimum Gasteiger partial charge on any atom is -0.435 e. The molecule has 4 nitrogen and oxygen atoms in total. The third-order valence-electron chi connectivity index (χ3n) is 2.10. The van der Waals surface area contributed by atoms with E-state index in [0.29, 0.717) is 12.1 Å². The van der Waals surface area contributed by atoms with Gasteiger partial charge in [-0.15, -0.1) is 0 Å². The number of rotatable bonds is 5. The Labute approximate surface area is 104 Å². The molecule has 98 valence electrons. The lowest BCUT2D eigenvalue weighted by Gasteiger charge is -2.07. The number of carbonyl (C=O) groups is 1. The number of benzene rings is 1. The Morgan fingerprint density at radius 2 is 2.00 bits per heavy atom. The lowest BCUT2D eigenvalue weighted by atomic mass is 10.1. The highest BCUT2D eigenvalue weighted by molar-refractivity contribution is 6.00. The topological polar surface area (TPSA) is 50.7 Å². The van der Waals surface area contributed by atoms with Crippen LogP contribution in [0.5, 0.6) is 5.75 Å². The van der Waals surface area contributed by atoms with E-state index in [0.717, 1.165) is 5.56 Å². The maximum absolute atomic E-state index is 12.0. The van der Waals surface area contributed by atoms with Gasteiger partial charge in [-0.05, 0) is 36.2 Å². The minimum atomic E-state index is -2.84. The Morgan fingerprint density at radius 3 is 2.44 bits per heavy atom. The van der Waals surface area contributed by atoms with Crippen LogP contribution in [0.3, 0.4) is 0 Å². The van der Waals surface area contributed by atoms with Gasteiger partial charge in [0.05, 0.1) is 5.71 Å². The van der Waals surface area contributed by atoms with Crippen molar-refractivity contribution < 1.29 is 18.3 Å². The van der Waals surface area contributed by atoms with Crippen LogP contribution in [0.25, 0.3) is 0 Å². The van der Waals surface area contributed by atoms with E-state index < -0.39 is 6.61 Å². The highest BCUT2D eigenvalue weighted by Crippen LogP contribution is 2.16. The van der Waals surface area contributed by atoms with E-state index in [1.807, 2.05) is 6.92 Å². The van der Waals surface area contributed by atoms with Crippen molar-refractivity contribution in [2.75, 3.05) is 0 Å². The summed E-state index contributed by atoms with van der Waals surface area (Å²) in [4.78, 5) is 10.7. The monoisotopic (exact) mass is 256 g/mol. The predicted octanol–water partition coefficient (Wildman–Crippen LogP) is 2.54. The van der Waals surface area contributed by atoms with Gasteiger partial charge in [-0.25, -0.2) is 5.43 Å². The standard InChI is InChI=1S/C12H14F2N2O2/c1-3-11(16-15-8(2)17)9-4-6-10(7-5-9)18-12(13)14/h4-7,12H,3H2,1-2H3,(H,15,17)/b16-11+. The average molecular weight is 256 g/mol. The zero-order chi connectivity index (χ0) is 13.5. The summed E-state index contributed by atoms with van der Waals surface area (Å²) in [6.07, 6.45) is 0.606. The maximum Gasteiger partial charge on any atom is 0.387 e. The van der Waals surface area contributed by atoms with Crippen LogP contribution in [0.4, 0.5) is 8.78 Å². The Balaban J connectivity index is 2.81. The molecule has 0 fully saturated rings. The zero-order valence-corrected chi connectivity index (χ0v) is 10.1. The van der Waals surface area contributed by atoms with Crippen molar-refractivity contribution in [1.29, 1.82) is 0 Å². The fourth-order valence-electron chi connectivity index (χ4n) is 1.32. The number of hydrogen-bond donors (Lipinski definition) is 1. The van der Waals surface area contributed by atoms with Crippen LogP contribution in [0.15, 0.2) is 29.4 Å². The van der Waals surface area contributed by atoms with Crippen molar-refractivity contribution in [2.24, 2.45) is 5.10 Å². The molecule has 0 bridgehead atoms. The molecule has 0 saturated heterocycles.